The molecule has 84 heavy (non-hydrogen) atoms. The molecule has 0 unspecified atom stereocenters. The Morgan fingerprint density at radius 2 is 1.37 bits per heavy atom. The van der Waals surface area contributed by atoms with Crippen LogP contribution >= 0.6 is 0 Å². The smallest absolute Gasteiger partial charge is 0.346 e. The van der Waals surface area contributed by atoms with Gasteiger partial charge >= 0.3 is 11.9 Å². The largest absolute Gasteiger partial charge is 0.511 e. The van der Waals surface area contributed by atoms with Crippen LogP contribution in [0.3, 0.4) is 0 Å². The number of ketones is 1. The van der Waals surface area contributed by atoms with Gasteiger partial charge < -0.3 is 72.6 Å². The number of methoxy groups -OCH3 is 1. The van der Waals surface area contributed by atoms with Crippen LogP contribution in [0.5, 0.6) is 0 Å². The Kier molecular flexibility index (Phi) is 19.5. The zero-order valence-corrected chi connectivity index (χ0v) is 50.5. The molecule has 9 rings (SSSR count). The summed E-state index contributed by atoms with van der Waals surface area (Å²) in [5.41, 5.74) is -0.771. The van der Waals surface area contributed by atoms with E-state index in [1.54, 1.807) is 60.6 Å². The highest BCUT2D eigenvalue weighted by atomic mass is 16.8. The van der Waals surface area contributed by atoms with Gasteiger partial charge in [-0.2, -0.15) is 0 Å². The number of hydrogen-bond donors (Lipinski definition) is 7. The van der Waals surface area contributed by atoms with Crippen molar-refractivity contribution < 1.29 is 102 Å². The summed E-state index contributed by atoms with van der Waals surface area (Å²) in [5, 5.41) is 68.2. The number of aliphatic hydroxyl groups excluding tert-OH is 4. The normalized spacial score (nSPS) is 48.6. The molecule has 5 aliphatic heterocycles. The number of allylic oxidation sites excluding steroid dienone is 4. The average Bonchev–Trinajstić information content (AvgIpc) is 1.36. The molecule has 4 aliphatic carbocycles. The van der Waals surface area contributed by atoms with Crippen LogP contribution in [0, 0.1) is 46.8 Å². The lowest BCUT2D eigenvalue weighted by Gasteiger charge is -2.56. The minimum absolute atomic E-state index is 0.0146. The van der Waals surface area contributed by atoms with Gasteiger partial charge in [-0.1, -0.05) is 68.9 Å². The van der Waals surface area contributed by atoms with Gasteiger partial charge in [0.15, 0.2) is 30.8 Å². The number of ether oxygens (including phenoxy) is 10. The van der Waals surface area contributed by atoms with E-state index in [9.17, 15) is 45.2 Å². The highest BCUT2D eigenvalue weighted by Gasteiger charge is 2.64. The number of carbonyl (C=O) groups excluding carboxylic acids is 4. The maximum absolute atomic E-state index is 15.6. The van der Waals surface area contributed by atoms with E-state index in [1.807, 2.05) is 26.0 Å². The van der Waals surface area contributed by atoms with E-state index in [0.29, 0.717) is 17.6 Å². The van der Waals surface area contributed by atoms with Crippen LogP contribution in [0.2, 0.25) is 0 Å². The Balaban J connectivity index is 1.01. The third kappa shape index (κ3) is 12.1. The molecule has 0 aromatic heterocycles. The molecule has 5 heterocycles. The summed E-state index contributed by atoms with van der Waals surface area (Å²) in [5.74, 6) is -5.93. The van der Waals surface area contributed by atoms with Crippen LogP contribution in [0.15, 0.2) is 58.4 Å². The minimum atomic E-state index is -1.85. The Morgan fingerprint density at radius 3 is 2.00 bits per heavy atom. The molecule has 2 bridgehead atoms. The zero-order valence-electron chi connectivity index (χ0n) is 50.5. The molecule has 1 spiro atoms. The quantitative estimate of drug-likeness (QED) is 0.0405. The van der Waals surface area contributed by atoms with Crippen molar-refractivity contribution in [2.24, 2.45) is 46.8 Å². The van der Waals surface area contributed by atoms with E-state index in [1.165, 1.54) is 14.0 Å². The van der Waals surface area contributed by atoms with Crippen molar-refractivity contribution in [2.75, 3.05) is 7.11 Å². The van der Waals surface area contributed by atoms with E-state index in [2.05, 4.69) is 25.4 Å². The third-order valence-corrected chi connectivity index (χ3v) is 20.1. The van der Waals surface area contributed by atoms with Crippen LogP contribution in [-0.4, -0.2) is 183 Å². The first kappa shape index (κ1) is 64.6. The van der Waals surface area contributed by atoms with Crippen LogP contribution < -0.4 is 5.48 Å². The molecule has 1 saturated carbocycles. The summed E-state index contributed by atoms with van der Waals surface area (Å²) in [4.78, 5) is 59.8. The summed E-state index contributed by atoms with van der Waals surface area (Å²) in [7, 11) is 1.51. The van der Waals surface area contributed by atoms with Crippen LogP contribution in [0.1, 0.15) is 128 Å². The first-order valence-corrected chi connectivity index (χ1v) is 29.9. The Bertz CT molecular complexity index is 2580. The van der Waals surface area contributed by atoms with Crippen molar-refractivity contribution in [3.8, 4) is 0 Å². The maximum Gasteiger partial charge on any atom is 0.346 e. The second-order valence-electron chi connectivity index (χ2n) is 25.9. The Morgan fingerprint density at radius 1 is 0.750 bits per heavy atom. The average molecular weight is 1190 g/mol. The number of hydrogen-bond acceptors (Lipinski definition) is 23. The highest BCUT2D eigenvalue weighted by molar-refractivity contribution is 6.26. The van der Waals surface area contributed by atoms with E-state index in [4.69, 9.17) is 52.2 Å². The van der Waals surface area contributed by atoms with E-state index < -0.39 is 180 Å². The molecule has 6 fully saturated rings. The fourth-order valence-electron chi connectivity index (χ4n) is 15.7. The molecule has 5 saturated heterocycles. The van der Waals surface area contributed by atoms with Gasteiger partial charge in [-0.05, 0) is 96.1 Å². The minimum Gasteiger partial charge on any atom is -0.511 e. The molecule has 9 aliphatic rings. The van der Waals surface area contributed by atoms with Crippen molar-refractivity contribution in [3.63, 3.8) is 0 Å². The van der Waals surface area contributed by atoms with Crippen LogP contribution in [-0.2, 0) is 71.4 Å². The molecule has 470 valence electrons. The van der Waals surface area contributed by atoms with E-state index >= 15 is 4.79 Å². The molecule has 0 aromatic rings. The molecule has 7 N–H and O–H groups in total. The molecular formula is C61H90N2O21. The van der Waals surface area contributed by atoms with Gasteiger partial charge in [-0.15, -0.1) is 5.48 Å². The number of fused-ring (bicyclic) bond motifs is 4. The second-order valence-corrected chi connectivity index (χ2v) is 25.9. The predicted octanol–water partition coefficient (Wildman–Crippen LogP) is 5.29. The first-order valence-electron chi connectivity index (χ1n) is 29.9. The molecule has 0 radical (unpaired) electrons. The van der Waals surface area contributed by atoms with Gasteiger partial charge in [0.1, 0.15) is 35.9 Å². The number of hydroxylamine groups is 3. The van der Waals surface area contributed by atoms with Gasteiger partial charge in [0.25, 0.3) is 0 Å². The number of Topliss-reactive ketones (excluding diaryl/α,β-unsaturated/α-hetero) is 1. The predicted molar refractivity (Wildman–Crippen MR) is 294 cm³/mol. The van der Waals surface area contributed by atoms with Gasteiger partial charge in [0.2, 0.25) is 5.78 Å². The molecular weight excluding hydrogens is 1100 g/mol. The zero-order chi connectivity index (χ0) is 61.2. The summed E-state index contributed by atoms with van der Waals surface area (Å²) >= 11 is 0. The van der Waals surface area contributed by atoms with Crippen LogP contribution in [0.25, 0.3) is 0 Å². The standard InChI is InChI=1S/C61H90N2O21/c1-27-14-17-43(79-48-25-59(11,63(72)73)55(35(9)78-48)62-84-36(10)65)28(2)19-38-20-37(26-64)31(5)24-61(38)57(70)49(58(71)83-61)56(69)60(12)40(27)16-15-39-50(60)29(3)18-30(4)52(39)81-47-23-44(51(68)32(6)75-47)80-45-22-42(67)54(34(8)77-45)82-46-21-41(66)53(74-13)33(7)76-46/h14-16,19-20,26,29-35,38-48,50-55,62,66-69,72-73H,17-18,21-25H2,1-13H3/b27-14+,28-19+,56-49?/t29-,30-,31+,32-,33-,34-,35+,38+,39-,40-,41+,42+,43-,44+,45-,46+,47-,48-,50+,51-,52-,53-,54-,55-,59-,60+,61-/m0/s1. The summed E-state index contributed by atoms with van der Waals surface area (Å²) in [6.07, 6.45) is -1.79. The van der Waals surface area contributed by atoms with E-state index in [0.717, 1.165) is 11.9 Å². The number of aliphatic hydroxyl groups is 4. The summed E-state index contributed by atoms with van der Waals surface area (Å²) < 4.78 is 63.2. The van der Waals surface area contributed by atoms with Crippen molar-refractivity contribution in [1.29, 1.82) is 0 Å². The van der Waals surface area contributed by atoms with Crippen LogP contribution in [0.4, 0.5) is 0 Å². The summed E-state index contributed by atoms with van der Waals surface area (Å²) in [6, 6.07) is -0.927. The number of nitrogens with zero attached hydrogens (tertiary/aromatic N) is 1. The molecule has 27 atom stereocenters. The first-order chi connectivity index (χ1) is 39.6. The third-order valence-electron chi connectivity index (χ3n) is 20.1. The molecule has 23 heteroatoms. The molecule has 0 amide bonds. The molecule has 23 nitrogen and oxygen atoms in total. The number of carbonyl (C=O) groups is 4. The SMILES string of the molecule is CO[C@@H]1[C@H](O)C[C@@H](O[C@@H]2[C@H](O)C[C@H](O[C@@H]3C[C@H](O[C@@H]4[C@H]5C=C[C@H]6/C(C)=C/C[C@H](O[C@H]7C[C@](C)(N(O)O)[C@@H](NOC(C)=O)[C@@H](C)O7)/C(C)=C/[C@@H]7C=C(C=O)[C@H](C)C[C@]78OC(=O)C(=C(O)[C@@]6(C)[C@@H]5[C@@H](C)C[C@@H]4C)C8=O)O[C@@H](C)[C@@H]3O)O[C@H]2C)O[C@H]1C. The van der Waals surface area contributed by atoms with Crippen molar-refractivity contribution in [1.82, 2.24) is 10.7 Å². The monoisotopic (exact) mass is 1190 g/mol. The second kappa shape index (κ2) is 25.3. The van der Waals surface area contributed by atoms with Gasteiger partial charge in [-0.25, -0.2) is 4.79 Å². The fraction of sp³-hybridized carbons (Fsp3) is 0.770. The topological polar surface area (TPSA) is 306 Å². The van der Waals surface area contributed by atoms with Crippen molar-refractivity contribution in [3.05, 3.63) is 58.4 Å². The fourth-order valence-corrected chi connectivity index (χ4v) is 15.7. The van der Waals surface area contributed by atoms with Crippen molar-refractivity contribution >= 4 is 24.0 Å². The number of esters is 1. The lowest BCUT2D eigenvalue weighted by atomic mass is 9.49. The maximum atomic E-state index is 15.6. The van der Waals surface area contributed by atoms with Gasteiger partial charge in [0.05, 0.1) is 66.5 Å². The molecule has 0 aromatic carbocycles. The lowest BCUT2D eigenvalue weighted by molar-refractivity contribution is -0.395. The van der Waals surface area contributed by atoms with Gasteiger partial charge in [0, 0.05) is 69.3 Å². The Labute approximate surface area is 491 Å². The van der Waals surface area contributed by atoms with Gasteiger partial charge in [-0.3, -0.25) is 24.8 Å². The number of aldehydes is 1. The van der Waals surface area contributed by atoms with E-state index in [-0.39, 0.29) is 55.6 Å². The highest BCUT2D eigenvalue weighted by Crippen LogP contribution is 2.61. The number of rotatable bonds is 13. The number of nitrogens with one attached hydrogen (secondary N) is 1. The Hall–Kier alpha value is -3.86. The summed E-state index contributed by atoms with van der Waals surface area (Å²) in [6.45, 7) is 21.3. The lowest BCUT2D eigenvalue weighted by Crippen LogP contribution is -2.67. The van der Waals surface area contributed by atoms with Crippen molar-refractivity contribution in [2.45, 2.75) is 244 Å².